The van der Waals surface area contributed by atoms with Gasteiger partial charge >= 0.3 is 6.85 Å². The summed E-state index contributed by atoms with van der Waals surface area (Å²) in [4.78, 5) is 5.45. The number of benzene rings is 9. The molecule has 3 aliphatic heterocycles. The van der Waals surface area contributed by atoms with E-state index in [2.05, 4.69) is 239 Å². The molecule has 320 valence electrons. The Morgan fingerprint density at radius 2 is 1.03 bits per heavy atom. The molecule has 0 saturated carbocycles. The fourth-order valence-electron chi connectivity index (χ4n) is 12.5. The number of para-hydroxylation sites is 2. The number of hydrogen-bond donors (Lipinski definition) is 0. The third kappa shape index (κ3) is 5.12. The van der Waals surface area contributed by atoms with Crippen LogP contribution in [0.4, 0.5) is 28.4 Å². The summed E-state index contributed by atoms with van der Waals surface area (Å²) < 4.78 is 2.67. The van der Waals surface area contributed by atoms with Gasteiger partial charge in [0.05, 0.1) is 11.1 Å². The predicted molar refractivity (Wildman–Crippen MR) is 287 cm³/mol. The standard InChI is InChI=1S/C63H49BN2S/c1-61(2,3)39-31-33-52(46(35-39)38-19-8-7-9-20-38)65-54-34-32-45-43-23-12-17-30-56(43)67-60(45)58(54)64-57-47(36-40(37-55(57)65)62(4,5)6)44-24-18-28-51-59(44)66(64)53-29-16-15-27-50(53)63(51)48-25-13-10-21-41(48)42-22-11-14-26-49(42)63/h7-37H,1-6H3. The minimum Gasteiger partial charge on any atom is -0.376 e. The molecule has 1 aliphatic carbocycles. The third-order valence-electron chi connectivity index (χ3n) is 15.6. The first-order valence-corrected chi connectivity index (χ1v) is 24.7. The number of anilines is 5. The molecule has 0 fully saturated rings. The topological polar surface area (TPSA) is 6.48 Å². The summed E-state index contributed by atoms with van der Waals surface area (Å²) in [5.41, 5.74) is 24.2. The molecule has 0 radical (unpaired) electrons. The zero-order valence-corrected chi connectivity index (χ0v) is 39.6. The highest BCUT2D eigenvalue weighted by molar-refractivity contribution is 7.27. The monoisotopic (exact) mass is 876 g/mol. The summed E-state index contributed by atoms with van der Waals surface area (Å²) in [6.07, 6.45) is 0. The summed E-state index contributed by atoms with van der Waals surface area (Å²) in [6.45, 7) is 14.0. The number of thiophene rings is 1. The normalized spacial score (nSPS) is 14.7. The van der Waals surface area contributed by atoms with Gasteiger partial charge in [0, 0.05) is 54.0 Å². The Hall–Kier alpha value is -7.14. The van der Waals surface area contributed by atoms with Crippen LogP contribution in [0.5, 0.6) is 0 Å². The predicted octanol–water partition coefficient (Wildman–Crippen LogP) is 15.7. The van der Waals surface area contributed by atoms with Gasteiger partial charge in [-0.15, -0.1) is 11.3 Å². The molecule has 0 amide bonds. The summed E-state index contributed by atoms with van der Waals surface area (Å²) in [6, 6.07) is 72.4. The van der Waals surface area contributed by atoms with Crippen molar-refractivity contribution in [1.29, 1.82) is 0 Å². The van der Waals surface area contributed by atoms with Gasteiger partial charge in [0.15, 0.2) is 0 Å². The zero-order chi connectivity index (χ0) is 45.1. The van der Waals surface area contributed by atoms with Crippen molar-refractivity contribution in [2.24, 2.45) is 0 Å². The molecule has 9 aromatic carbocycles. The highest BCUT2D eigenvalue weighted by atomic mass is 32.1. The average Bonchev–Trinajstić information content (AvgIpc) is 3.87. The molecular formula is C63H49BN2S. The first-order valence-electron chi connectivity index (χ1n) is 23.9. The van der Waals surface area contributed by atoms with Crippen LogP contribution < -0.4 is 20.6 Å². The minimum absolute atomic E-state index is 0.0255. The van der Waals surface area contributed by atoms with Crippen LogP contribution in [0.15, 0.2) is 188 Å². The molecule has 4 heterocycles. The molecule has 0 atom stereocenters. The van der Waals surface area contributed by atoms with Gasteiger partial charge in [0.25, 0.3) is 0 Å². The number of rotatable bonds is 2. The van der Waals surface area contributed by atoms with Crippen LogP contribution in [0.2, 0.25) is 0 Å². The molecule has 1 aromatic heterocycles. The van der Waals surface area contributed by atoms with Gasteiger partial charge in [0.2, 0.25) is 0 Å². The van der Waals surface area contributed by atoms with Gasteiger partial charge in [-0.05, 0) is 114 Å². The molecule has 0 N–H and O–H groups in total. The van der Waals surface area contributed by atoms with Crippen molar-refractivity contribution >= 4 is 77.7 Å². The highest BCUT2D eigenvalue weighted by Gasteiger charge is 2.56. The van der Waals surface area contributed by atoms with Gasteiger partial charge in [0.1, 0.15) is 0 Å². The van der Waals surface area contributed by atoms with Gasteiger partial charge in [-0.25, -0.2) is 0 Å². The Morgan fingerprint density at radius 3 is 1.78 bits per heavy atom. The molecule has 0 saturated heterocycles. The first-order chi connectivity index (χ1) is 32.5. The molecule has 14 rings (SSSR count). The van der Waals surface area contributed by atoms with Crippen LogP contribution in [0, 0.1) is 0 Å². The van der Waals surface area contributed by atoms with Crippen LogP contribution in [0.25, 0.3) is 53.6 Å². The number of fused-ring (bicyclic) bond motifs is 17. The maximum atomic E-state index is 2.79. The Labute approximate surface area is 397 Å². The lowest BCUT2D eigenvalue weighted by molar-refractivity contribution is 0.590. The van der Waals surface area contributed by atoms with E-state index in [1.54, 1.807) is 0 Å². The van der Waals surface area contributed by atoms with Crippen LogP contribution >= 0.6 is 11.3 Å². The third-order valence-corrected chi connectivity index (χ3v) is 16.8. The average molecular weight is 877 g/mol. The zero-order valence-electron chi connectivity index (χ0n) is 38.8. The smallest absolute Gasteiger partial charge is 0.334 e. The highest BCUT2D eigenvalue weighted by Crippen LogP contribution is 2.65. The number of nitrogens with zero attached hydrogens (tertiary/aromatic N) is 2. The molecule has 0 unspecified atom stereocenters. The Balaban J connectivity index is 1.17. The van der Waals surface area contributed by atoms with E-state index < -0.39 is 5.41 Å². The van der Waals surface area contributed by atoms with Crippen LogP contribution in [0.1, 0.15) is 74.9 Å². The van der Waals surface area contributed by atoms with Gasteiger partial charge in [-0.2, -0.15) is 0 Å². The fraction of sp³-hybridized carbons (Fsp3) is 0.143. The van der Waals surface area contributed by atoms with E-state index in [4.69, 9.17) is 0 Å². The van der Waals surface area contributed by atoms with Gasteiger partial charge < -0.3 is 9.71 Å². The maximum Gasteiger partial charge on any atom is 0.334 e. The molecule has 1 spiro atoms. The molecule has 0 bridgehead atoms. The number of hydrogen-bond acceptors (Lipinski definition) is 3. The van der Waals surface area contributed by atoms with E-state index >= 15 is 0 Å². The van der Waals surface area contributed by atoms with Crippen molar-refractivity contribution < 1.29 is 0 Å². The molecular weight excluding hydrogens is 828 g/mol. The van der Waals surface area contributed by atoms with E-state index in [1.807, 2.05) is 11.3 Å². The summed E-state index contributed by atoms with van der Waals surface area (Å²) in [5, 5.41) is 2.64. The van der Waals surface area contributed by atoms with Gasteiger partial charge in [-0.3, -0.25) is 0 Å². The van der Waals surface area contributed by atoms with Crippen molar-refractivity contribution in [2.45, 2.75) is 57.8 Å². The second kappa shape index (κ2) is 13.5. The molecule has 10 aromatic rings. The van der Waals surface area contributed by atoms with Crippen molar-refractivity contribution in [3.05, 3.63) is 221 Å². The summed E-state index contributed by atoms with van der Waals surface area (Å²) in [5.74, 6) is 0. The summed E-state index contributed by atoms with van der Waals surface area (Å²) in [7, 11) is 0. The van der Waals surface area contributed by atoms with E-state index in [-0.39, 0.29) is 17.7 Å². The van der Waals surface area contributed by atoms with Crippen molar-refractivity contribution in [3.63, 3.8) is 0 Å². The van der Waals surface area contributed by atoms with Crippen LogP contribution in [0.3, 0.4) is 0 Å². The minimum atomic E-state index is -0.500. The lowest BCUT2D eigenvalue weighted by atomic mass is 9.42. The van der Waals surface area contributed by atoms with Crippen LogP contribution in [-0.4, -0.2) is 6.85 Å². The largest absolute Gasteiger partial charge is 0.376 e. The molecule has 67 heavy (non-hydrogen) atoms. The summed E-state index contributed by atoms with van der Waals surface area (Å²) >= 11 is 1.96. The molecule has 4 heteroatoms. The SMILES string of the molecule is CC(C)(C)c1ccc(N2c3cc(C(C)(C)C)cc4c3B(c3c2ccc2c3sc3ccccc32)N2c3ccccc3C3(c5ccccc5-c5ccccc53)c3cccc-4c32)c(-c2ccccc2)c1. The second-order valence-electron chi connectivity index (χ2n) is 21.2. The van der Waals surface area contributed by atoms with Crippen molar-refractivity contribution in [2.75, 3.05) is 9.71 Å². The van der Waals surface area contributed by atoms with E-state index in [0.717, 1.165) is 0 Å². The van der Waals surface area contributed by atoms with E-state index in [9.17, 15) is 0 Å². The van der Waals surface area contributed by atoms with E-state index in [1.165, 1.54) is 126 Å². The Kier molecular flexibility index (Phi) is 7.87. The molecule has 4 aliphatic rings. The Morgan fingerprint density at radius 1 is 0.418 bits per heavy atom. The quantitative estimate of drug-likeness (QED) is 0.160. The maximum absolute atomic E-state index is 2.79. The van der Waals surface area contributed by atoms with E-state index in [0.29, 0.717) is 0 Å². The lowest BCUT2D eigenvalue weighted by Gasteiger charge is -2.52. The second-order valence-corrected chi connectivity index (χ2v) is 22.2. The van der Waals surface area contributed by atoms with Crippen molar-refractivity contribution in [1.82, 2.24) is 0 Å². The van der Waals surface area contributed by atoms with Gasteiger partial charge in [-0.1, -0.05) is 193 Å². The molecule has 2 nitrogen and oxygen atoms in total. The fourth-order valence-corrected chi connectivity index (χ4v) is 13.8. The Bertz CT molecular complexity index is 3710. The van der Waals surface area contributed by atoms with Crippen molar-refractivity contribution in [3.8, 4) is 33.4 Å². The lowest BCUT2D eigenvalue weighted by Crippen LogP contribution is -2.63. The van der Waals surface area contributed by atoms with Crippen LogP contribution in [-0.2, 0) is 16.2 Å². The first kappa shape index (κ1) is 39.1.